The van der Waals surface area contributed by atoms with Crippen LogP contribution in [0.25, 0.3) is 0 Å². The van der Waals surface area contributed by atoms with Crippen molar-refractivity contribution in [3.05, 3.63) is 29.6 Å². The van der Waals surface area contributed by atoms with E-state index in [1.165, 1.54) is 17.2 Å². The standard InChI is InChI=1S/C12H14FNO4S/c1-8-3-4-9(5-11(8)13)14-6-10(18-12(14)15)7-17-19(2)16/h3-5,10H,6-7H2,1-2H3. The van der Waals surface area contributed by atoms with E-state index >= 15 is 0 Å². The van der Waals surface area contributed by atoms with Gasteiger partial charge >= 0.3 is 6.09 Å². The lowest BCUT2D eigenvalue weighted by atomic mass is 10.2. The van der Waals surface area contributed by atoms with E-state index in [4.69, 9.17) is 8.92 Å². The lowest BCUT2D eigenvalue weighted by Crippen LogP contribution is -2.26. The van der Waals surface area contributed by atoms with Crippen LogP contribution < -0.4 is 4.90 Å². The molecular weight excluding hydrogens is 273 g/mol. The van der Waals surface area contributed by atoms with Gasteiger partial charge in [0.15, 0.2) is 11.1 Å². The molecule has 0 N–H and O–H groups in total. The first-order chi connectivity index (χ1) is 8.97. The Morgan fingerprint density at radius 1 is 1.58 bits per heavy atom. The van der Waals surface area contributed by atoms with Crippen LogP contribution in [0.3, 0.4) is 0 Å². The second-order valence-electron chi connectivity index (χ2n) is 4.24. The lowest BCUT2D eigenvalue weighted by Gasteiger charge is -2.13. The molecule has 1 aliphatic rings. The molecule has 0 bridgehead atoms. The van der Waals surface area contributed by atoms with Gasteiger partial charge in [-0.25, -0.2) is 13.4 Å². The summed E-state index contributed by atoms with van der Waals surface area (Å²) in [5.74, 6) is -0.375. The number of carbonyl (C=O) groups excluding carboxylic acids is 1. The summed E-state index contributed by atoms with van der Waals surface area (Å²) in [5.41, 5.74) is 0.950. The first-order valence-electron chi connectivity index (χ1n) is 5.68. The quantitative estimate of drug-likeness (QED) is 0.847. The molecule has 0 aromatic heterocycles. The number of carbonyl (C=O) groups is 1. The molecule has 2 unspecified atom stereocenters. The third-order valence-corrected chi connectivity index (χ3v) is 3.23. The van der Waals surface area contributed by atoms with Crippen LogP contribution in [0.5, 0.6) is 0 Å². The van der Waals surface area contributed by atoms with Crippen LogP contribution in [-0.2, 0) is 20.0 Å². The van der Waals surface area contributed by atoms with Crippen molar-refractivity contribution in [2.75, 3.05) is 24.3 Å². The Morgan fingerprint density at radius 2 is 2.32 bits per heavy atom. The Kier molecular flexibility index (Phi) is 4.16. The zero-order chi connectivity index (χ0) is 14.0. The third-order valence-electron chi connectivity index (χ3n) is 2.76. The Balaban J connectivity index is 2.07. The molecule has 5 nitrogen and oxygen atoms in total. The van der Waals surface area contributed by atoms with Crippen molar-refractivity contribution >= 4 is 22.9 Å². The minimum absolute atomic E-state index is 0.0553. The molecule has 1 aliphatic heterocycles. The zero-order valence-electron chi connectivity index (χ0n) is 10.6. The summed E-state index contributed by atoms with van der Waals surface area (Å²) in [4.78, 5) is 13.0. The summed E-state index contributed by atoms with van der Waals surface area (Å²) in [6, 6.07) is 4.54. The minimum atomic E-state index is -1.41. The fraction of sp³-hybridized carbons (Fsp3) is 0.417. The highest BCUT2D eigenvalue weighted by atomic mass is 32.2. The summed E-state index contributed by atoms with van der Waals surface area (Å²) in [7, 11) is 0. The van der Waals surface area contributed by atoms with E-state index in [1.54, 1.807) is 19.1 Å². The van der Waals surface area contributed by atoms with Crippen molar-refractivity contribution in [1.82, 2.24) is 0 Å². The third kappa shape index (κ3) is 3.30. The molecule has 1 amide bonds. The first kappa shape index (κ1) is 14.0. The molecule has 0 aliphatic carbocycles. The van der Waals surface area contributed by atoms with Crippen molar-refractivity contribution in [2.45, 2.75) is 13.0 Å². The van der Waals surface area contributed by atoms with E-state index in [0.29, 0.717) is 11.3 Å². The van der Waals surface area contributed by atoms with Crippen molar-refractivity contribution in [2.24, 2.45) is 0 Å². The normalized spacial score (nSPS) is 20.5. The minimum Gasteiger partial charge on any atom is -0.441 e. The van der Waals surface area contributed by atoms with Gasteiger partial charge in [0, 0.05) is 6.26 Å². The number of hydrogen-bond donors (Lipinski definition) is 0. The monoisotopic (exact) mass is 287 g/mol. The summed E-state index contributed by atoms with van der Waals surface area (Å²) < 4.78 is 34.2. The van der Waals surface area contributed by atoms with Gasteiger partial charge in [0.2, 0.25) is 0 Å². The predicted octanol–water partition coefficient (Wildman–Crippen LogP) is 1.77. The van der Waals surface area contributed by atoms with Crippen LogP contribution >= 0.6 is 0 Å². The molecule has 0 spiro atoms. The van der Waals surface area contributed by atoms with Crippen LogP contribution in [0.4, 0.5) is 14.9 Å². The van der Waals surface area contributed by atoms with Gasteiger partial charge in [0.1, 0.15) is 18.5 Å². The number of rotatable bonds is 4. The van der Waals surface area contributed by atoms with E-state index in [0.717, 1.165) is 0 Å². The van der Waals surface area contributed by atoms with E-state index in [1.807, 2.05) is 0 Å². The van der Waals surface area contributed by atoms with Gasteiger partial charge in [0.25, 0.3) is 0 Å². The fourth-order valence-corrected chi connectivity index (χ4v) is 2.08. The average Bonchev–Trinajstić information content (AvgIpc) is 2.72. The van der Waals surface area contributed by atoms with E-state index < -0.39 is 23.3 Å². The molecule has 0 radical (unpaired) electrons. The number of nitrogens with zero attached hydrogens (tertiary/aromatic N) is 1. The maximum absolute atomic E-state index is 13.5. The van der Waals surface area contributed by atoms with Crippen LogP contribution in [0.15, 0.2) is 18.2 Å². The Hall–Kier alpha value is -1.47. The van der Waals surface area contributed by atoms with Crippen molar-refractivity contribution < 1.29 is 22.3 Å². The second kappa shape index (κ2) is 5.66. The van der Waals surface area contributed by atoms with Gasteiger partial charge in [-0.1, -0.05) is 6.07 Å². The molecule has 1 heterocycles. The summed E-state index contributed by atoms with van der Waals surface area (Å²) >= 11 is -1.41. The molecular formula is C12H14FNO4S. The fourth-order valence-electron chi connectivity index (χ4n) is 1.74. The highest BCUT2D eigenvalue weighted by Crippen LogP contribution is 2.23. The van der Waals surface area contributed by atoms with Gasteiger partial charge in [-0.2, -0.15) is 0 Å². The number of halogens is 1. The number of benzene rings is 1. The predicted molar refractivity (Wildman–Crippen MR) is 68.8 cm³/mol. The highest BCUT2D eigenvalue weighted by molar-refractivity contribution is 7.79. The zero-order valence-corrected chi connectivity index (χ0v) is 11.4. The Bertz CT molecular complexity index is 522. The topological polar surface area (TPSA) is 55.8 Å². The number of ether oxygens (including phenoxy) is 1. The molecule has 104 valence electrons. The van der Waals surface area contributed by atoms with E-state index in [9.17, 15) is 13.4 Å². The summed E-state index contributed by atoms with van der Waals surface area (Å²) in [6.45, 7) is 1.95. The molecule has 1 aromatic rings. The van der Waals surface area contributed by atoms with E-state index in [2.05, 4.69) is 0 Å². The second-order valence-corrected chi connectivity index (χ2v) is 5.27. The highest BCUT2D eigenvalue weighted by Gasteiger charge is 2.33. The van der Waals surface area contributed by atoms with Crippen molar-refractivity contribution in [1.29, 1.82) is 0 Å². The lowest BCUT2D eigenvalue weighted by molar-refractivity contribution is 0.110. The maximum atomic E-state index is 13.5. The van der Waals surface area contributed by atoms with Gasteiger partial charge in [0.05, 0.1) is 12.2 Å². The van der Waals surface area contributed by atoms with Gasteiger partial charge < -0.3 is 4.74 Å². The molecule has 0 saturated carbocycles. The number of cyclic esters (lactones) is 1. The first-order valence-corrected chi connectivity index (χ1v) is 7.16. The molecule has 1 saturated heterocycles. The molecule has 2 rings (SSSR count). The Labute approximate surface area is 113 Å². The van der Waals surface area contributed by atoms with E-state index in [-0.39, 0.29) is 19.0 Å². The summed E-state index contributed by atoms with van der Waals surface area (Å²) in [6.07, 6.45) is 0.337. The molecule has 1 aromatic carbocycles. The van der Waals surface area contributed by atoms with Crippen LogP contribution in [0.2, 0.25) is 0 Å². The maximum Gasteiger partial charge on any atom is 0.414 e. The summed E-state index contributed by atoms with van der Waals surface area (Å²) in [5, 5.41) is 0. The van der Waals surface area contributed by atoms with Gasteiger partial charge in [-0.3, -0.25) is 9.08 Å². The van der Waals surface area contributed by atoms with Gasteiger partial charge in [-0.15, -0.1) is 0 Å². The molecule has 19 heavy (non-hydrogen) atoms. The smallest absolute Gasteiger partial charge is 0.414 e. The van der Waals surface area contributed by atoms with Crippen molar-refractivity contribution in [3.8, 4) is 0 Å². The molecule has 7 heteroatoms. The molecule has 2 atom stereocenters. The van der Waals surface area contributed by atoms with Crippen LogP contribution in [0, 0.1) is 12.7 Å². The number of amides is 1. The SMILES string of the molecule is Cc1ccc(N2CC(COS(C)=O)OC2=O)cc1F. The number of anilines is 1. The van der Waals surface area contributed by atoms with Crippen LogP contribution in [-0.4, -0.2) is 35.8 Å². The largest absolute Gasteiger partial charge is 0.441 e. The van der Waals surface area contributed by atoms with Gasteiger partial charge in [-0.05, 0) is 24.6 Å². The molecule has 1 fully saturated rings. The number of hydrogen-bond acceptors (Lipinski definition) is 4. The number of aryl methyl sites for hydroxylation is 1. The Morgan fingerprint density at radius 3 is 2.95 bits per heavy atom. The average molecular weight is 287 g/mol. The van der Waals surface area contributed by atoms with Crippen molar-refractivity contribution in [3.63, 3.8) is 0 Å². The van der Waals surface area contributed by atoms with Crippen LogP contribution in [0.1, 0.15) is 5.56 Å².